The molecular weight excluding hydrogens is 627 g/mol. The van der Waals surface area contributed by atoms with Crippen LogP contribution in [0.1, 0.15) is 42.7 Å². The number of anilines is 1. The monoisotopic (exact) mass is 662 g/mol. The Morgan fingerprint density at radius 2 is 1.89 bits per heavy atom. The van der Waals surface area contributed by atoms with Crippen molar-refractivity contribution < 1.29 is 9.53 Å². The van der Waals surface area contributed by atoms with Gasteiger partial charge in [-0.15, -0.1) is 0 Å². The lowest BCUT2D eigenvalue weighted by Gasteiger charge is -2.33. The summed E-state index contributed by atoms with van der Waals surface area (Å²) in [5.74, 6) is 0.681. The number of nitrogens with zero attached hydrogens (tertiary/aromatic N) is 4. The van der Waals surface area contributed by atoms with Gasteiger partial charge in [-0.05, 0) is 59.6 Å². The molecule has 11 heteroatoms. The number of hydrogen-bond donors (Lipinski definition) is 2. The van der Waals surface area contributed by atoms with E-state index in [0.717, 1.165) is 28.9 Å². The van der Waals surface area contributed by atoms with Gasteiger partial charge in [0.25, 0.3) is 0 Å². The highest BCUT2D eigenvalue weighted by molar-refractivity contribution is 7.80. The van der Waals surface area contributed by atoms with E-state index in [9.17, 15) is 4.79 Å². The van der Waals surface area contributed by atoms with Crippen molar-refractivity contribution in [2.75, 3.05) is 19.0 Å². The normalized spacial score (nSPS) is 12.1. The third-order valence-electron chi connectivity index (χ3n) is 7.70. The first-order valence-corrected chi connectivity index (χ1v) is 15.8. The second-order valence-corrected chi connectivity index (χ2v) is 12.0. The fourth-order valence-electron chi connectivity index (χ4n) is 4.87. The van der Waals surface area contributed by atoms with Crippen LogP contribution < -0.4 is 15.4 Å². The molecule has 0 aliphatic rings. The molecule has 3 aromatic carbocycles. The Labute approximate surface area is 279 Å². The van der Waals surface area contributed by atoms with Gasteiger partial charge in [0, 0.05) is 37.6 Å². The molecule has 4 aromatic rings. The van der Waals surface area contributed by atoms with Crippen molar-refractivity contribution in [1.82, 2.24) is 19.8 Å². The predicted molar refractivity (Wildman–Crippen MR) is 184 cm³/mol. The molecule has 2 unspecified atom stereocenters. The van der Waals surface area contributed by atoms with E-state index < -0.39 is 0 Å². The van der Waals surface area contributed by atoms with Crippen molar-refractivity contribution in [2.24, 2.45) is 5.92 Å². The zero-order valence-corrected chi connectivity index (χ0v) is 27.8. The highest BCUT2D eigenvalue weighted by Gasteiger charge is 2.25. The lowest BCUT2D eigenvalue weighted by molar-refractivity contribution is -0.121. The Morgan fingerprint density at radius 3 is 2.60 bits per heavy atom. The summed E-state index contributed by atoms with van der Waals surface area (Å²) in [4.78, 5) is 19.8. The number of aromatic nitrogens is 2. The smallest absolute Gasteiger partial charge is 0.226 e. The third-order valence-corrected chi connectivity index (χ3v) is 8.92. The van der Waals surface area contributed by atoms with Gasteiger partial charge in [-0.25, -0.2) is 4.98 Å². The summed E-state index contributed by atoms with van der Waals surface area (Å²) in [6, 6.07) is 22.3. The maximum Gasteiger partial charge on any atom is 0.226 e. The van der Waals surface area contributed by atoms with Crippen molar-refractivity contribution >= 4 is 52.1 Å². The Kier molecular flexibility index (Phi) is 12.2. The highest BCUT2D eigenvalue weighted by Crippen LogP contribution is 2.28. The number of amides is 1. The van der Waals surface area contributed by atoms with Gasteiger partial charge in [0.1, 0.15) is 5.75 Å². The molecule has 0 aliphatic carbocycles. The number of benzene rings is 3. The number of hydrogen-bond acceptors (Lipinski definition) is 5. The molecule has 8 nitrogen and oxygen atoms in total. The molecular formula is C34H36Cl2N6O2S. The van der Waals surface area contributed by atoms with Crippen LogP contribution in [0.15, 0.2) is 79.3 Å². The maximum atomic E-state index is 13.5. The number of rotatable bonds is 13. The van der Waals surface area contributed by atoms with E-state index in [-0.39, 0.29) is 24.3 Å². The van der Waals surface area contributed by atoms with Crippen LogP contribution in [0.2, 0.25) is 10.0 Å². The van der Waals surface area contributed by atoms with Gasteiger partial charge < -0.3 is 24.8 Å². The molecule has 0 bridgehead atoms. The summed E-state index contributed by atoms with van der Waals surface area (Å²) >= 11 is 18.9. The average molecular weight is 664 g/mol. The largest absolute Gasteiger partial charge is 0.495 e. The molecule has 1 aromatic heterocycles. The molecule has 0 aliphatic heterocycles. The Balaban J connectivity index is 1.53. The van der Waals surface area contributed by atoms with E-state index in [4.69, 9.17) is 45.4 Å². The summed E-state index contributed by atoms with van der Waals surface area (Å²) < 4.78 is 7.46. The van der Waals surface area contributed by atoms with Crippen LogP contribution in [0.4, 0.5) is 5.69 Å². The molecule has 4 rings (SSSR count). The minimum absolute atomic E-state index is 0.119. The van der Waals surface area contributed by atoms with Crippen molar-refractivity contribution in [1.29, 1.82) is 5.26 Å². The second-order valence-electron chi connectivity index (χ2n) is 10.8. The summed E-state index contributed by atoms with van der Waals surface area (Å²) in [6.07, 6.45) is 4.43. The van der Waals surface area contributed by atoms with E-state index in [1.807, 2.05) is 58.0 Å². The van der Waals surface area contributed by atoms with E-state index in [1.54, 1.807) is 37.8 Å². The number of methoxy groups -OCH3 is 1. The molecule has 0 radical (unpaired) electrons. The number of ether oxygens (including phenoxy) is 1. The van der Waals surface area contributed by atoms with Gasteiger partial charge in [0.05, 0.1) is 47.2 Å². The summed E-state index contributed by atoms with van der Waals surface area (Å²) in [5.41, 5.74) is 3.94. The van der Waals surface area contributed by atoms with Gasteiger partial charge in [0.2, 0.25) is 5.91 Å². The van der Waals surface area contributed by atoms with Crippen LogP contribution >= 0.6 is 35.4 Å². The molecule has 0 fully saturated rings. The van der Waals surface area contributed by atoms with Gasteiger partial charge in [-0.2, -0.15) is 5.26 Å². The number of imidazole rings is 1. The zero-order valence-electron chi connectivity index (χ0n) is 25.5. The van der Waals surface area contributed by atoms with Gasteiger partial charge >= 0.3 is 0 Å². The molecule has 0 saturated carbocycles. The number of carbonyl (C=O) groups excluding carboxylic acids is 1. The van der Waals surface area contributed by atoms with E-state index in [1.165, 1.54) is 0 Å². The third kappa shape index (κ3) is 9.21. The van der Waals surface area contributed by atoms with Gasteiger partial charge in [0.15, 0.2) is 5.11 Å². The molecule has 1 heterocycles. The lowest BCUT2D eigenvalue weighted by Crippen LogP contribution is -2.50. The first-order valence-electron chi connectivity index (χ1n) is 14.6. The molecule has 0 spiro atoms. The number of thiocarbonyl (C=S) groups is 1. The van der Waals surface area contributed by atoms with Crippen molar-refractivity contribution in [3.8, 4) is 11.8 Å². The molecule has 1 amide bonds. The predicted octanol–water partition coefficient (Wildman–Crippen LogP) is 7.09. The average Bonchev–Trinajstić information content (AvgIpc) is 3.48. The van der Waals surface area contributed by atoms with Crippen LogP contribution in [0.3, 0.4) is 0 Å². The Bertz CT molecular complexity index is 1650. The minimum atomic E-state index is -0.229. The van der Waals surface area contributed by atoms with E-state index >= 15 is 0 Å². The number of para-hydroxylation sites is 2. The summed E-state index contributed by atoms with van der Waals surface area (Å²) in [5, 5.41) is 17.1. The SMILES string of the molecule is CCC(C)C(CN(Cc1cccc(Cl)c1Cl)C(=S)Nc1ccccc1OC)NC(=O)Cc1cncn1Cc1ccc(C#N)cc1. The molecule has 45 heavy (non-hydrogen) atoms. The maximum absolute atomic E-state index is 13.5. The van der Waals surface area contributed by atoms with E-state index in [0.29, 0.717) is 46.1 Å². The van der Waals surface area contributed by atoms with Gasteiger partial charge in [-0.1, -0.05) is 79.9 Å². The summed E-state index contributed by atoms with van der Waals surface area (Å²) in [6.45, 7) is 5.55. The topological polar surface area (TPSA) is 95.2 Å². The fraction of sp³-hybridized carbons (Fsp3) is 0.294. The van der Waals surface area contributed by atoms with Crippen molar-refractivity contribution in [3.05, 3.63) is 112 Å². The lowest BCUT2D eigenvalue weighted by atomic mass is 9.98. The van der Waals surface area contributed by atoms with Gasteiger partial charge in [-0.3, -0.25) is 4.79 Å². The second kappa shape index (κ2) is 16.3. The number of carbonyl (C=O) groups is 1. The highest BCUT2D eigenvalue weighted by atomic mass is 35.5. The molecule has 234 valence electrons. The van der Waals surface area contributed by atoms with Crippen LogP contribution in [0.5, 0.6) is 5.75 Å². The van der Waals surface area contributed by atoms with E-state index in [2.05, 4.69) is 35.5 Å². The first kappa shape index (κ1) is 33.8. The fourth-order valence-corrected chi connectivity index (χ4v) is 5.50. The number of nitriles is 1. The summed E-state index contributed by atoms with van der Waals surface area (Å²) in [7, 11) is 1.61. The Morgan fingerprint density at radius 1 is 1.13 bits per heavy atom. The minimum Gasteiger partial charge on any atom is -0.495 e. The van der Waals surface area contributed by atoms with Crippen molar-refractivity contribution in [2.45, 2.75) is 45.8 Å². The van der Waals surface area contributed by atoms with Crippen LogP contribution in [-0.2, 0) is 24.3 Å². The Hall–Kier alpha value is -4.10. The molecule has 2 N–H and O–H groups in total. The molecule has 0 saturated heterocycles. The quantitative estimate of drug-likeness (QED) is 0.148. The first-order chi connectivity index (χ1) is 21.7. The zero-order chi connectivity index (χ0) is 32.3. The van der Waals surface area contributed by atoms with Crippen LogP contribution in [0, 0.1) is 17.2 Å². The van der Waals surface area contributed by atoms with Crippen molar-refractivity contribution in [3.63, 3.8) is 0 Å². The number of halogens is 2. The van der Waals surface area contributed by atoms with Crippen LogP contribution in [0.25, 0.3) is 0 Å². The standard InChI is InChI=1S/C34H36Cl2N6O2S/c1-4-23(2)30(39-32(43)16-27-18-38-22-42(27)19-25-14-12-24(17-37)13-15-25)21-41(20-26-8-7-9-28(35)33(26)36)34(45)40-29-10-5-6-11-31(29)44-3/h5-15,18,22-23,30H,4,16,19-21H2,1-3H3,(H,39,43)(H,40,45). The molecule has 2 atom stereocenters. The number of nitrogens with one attached hydrogen (secondary N) is 2. The van der Waals surface area contributed by atoms with Crippen LogP contribution in [-0.4, -0.2) is 45.2 Å².